The van der Waals surface area contributed by atoms with Crippen molar-refractivity contribution in [3.63, 3.8) is 0 Å². The molecular formula is C12H8ClFN6. The van der Waals surface area contributed by atoms with Gasteiger partial charge < -0.3 is 4.98 Å². The maximum Gasteiger partial charge on any atom is 0.182 e. The fraction of sp³-hybridized carbons (Fsp3) is 0. The minimum absolute atomic E-state index is 0.205. The Bertz CT molecular complexity index is 764. The van der Waals surface area contributed by atoms with E-state index >= 15 is 0 Å². The molecule has 0 amide bonds. The number of nitrogens with one attached hydrogen (secondary N) is 2. The van der Waals surface area contributed by atoms with E-state index in [0.717, 1.165) is 0 Å². The highest BCUT2D eigenvalue weighted by Crippen LogP contribution is 2.17. The molecule has 0 saturated heterocycles. The highest BCUT2D eigenvalue weighted by molar-refractivity contribution is 6.33. The zero-order chi connectivity index (χ0) is 13.9. The normalized spacial score (nSPS) is 11.3. The largest absolute Gasteiger partial charge is 0.340 e. The maximum atomic E-state index is 13.5. The summed E-state index contributed by atoms with van der Waals surface area (Å²) in [7, 11) is 0. The molecule has 0 fully saturated rings. The SMILES string of the molecule is Fc1cccc(Cl)c1/C=N\Nc1ncnc2nc[nH]c12. The summed E-state index contributed by atoms with van der Waals surface area (Å²) in [5, 5.41) is 4.21. The van der Waals surface area contributed by atoms with Crippen LogP contribution >= 0.6 is 11.6 Å². The van der Waals surface area contributed by atoms with Crippen molar-refractivity contribution >= 4 is 34.8 Å². The molecule has 3 aromatic rings. The van der Waals surface area contributed by atoms with Crippen LogP contribution in [0.5, 0.6) is 0 Å². The van der Waals surface area contributed by atoms with Crippen molar-refractivity contribution < 1.29 is 4.39 Å². The standard InChI is InChI=1S/C12H8ClFN6/c13-8-2-1-3-9(14)7(8)4-19-20-12-10-11(16-5-15-10)17-6-18-12/h1-6H,(H2,15,16,17,18,20)/b19-4-. The number of nitrogens with zero attached hydrogens (tertiary/aromatic N) is 4. The second-order valence-electron chi connectivity index (χ2n) is 3.83. The van der Waals surface area contributed by atoms with Gasteiger partial charge in [0.15, 0.2) is 11.5 Å². The van der Waals surface area contributed by atoms with Crippen LogP contribution in [0, 0.1) is 5.82 Å². The summed E-state index contributed by atoms with van der Waals surface area (Å²) in [6.07, 6.45) is 4.15. The molecule has 1 aromatic carbocycles. The Morgan fingerprint density at radius 1 is 1.30 bits per heavy atom. The maximum absolute atomic E-state index is 13.5. The zero-order valence-corrected chi connectivity index (χ0v) is 10.8. The summed E-state index contributed by atoms with van der Waals surface area (Å²) in [6, 6.07) is 4.43. The predicted octanol–water partition coefficient (Wildman–Crippen LogP) is 2.59. The van der Waals surface area contributed by atoms with E-state index in [2.05, 4.69) is 30.5 Å². The first-order valence-electron chi connectivity index (χ1n) is 5.63. The predicted molar refractivity (Wildman–Crippen MR) is 74.3 cm³/mol. The monoisotopic (exact) mass is 290 g/mol. The van der Waals surface area contributed by atoms with Crippen molar-refractivity contribution in [2.45, 2.75) is 0 Å². The van der Waals surface area contributed by atoms with E-state index < -0.39 is 5.82 Å². The van der Waals surface area contributed by atoms with Crippen molar-refractivity contribution in [2.24, 2.45) is 5.10 Å². The minimum atomic E-state index is -0.447. The Balaban J connectivity index is 1.86. The second-order valence-corrected chi connectivity index (χ2v) is 4.24. The number of hydrogen-bond donors (Lipinski definition) is 2. The summed E-state index contributed by atoms with van der Waals surface area (Å²) >= 11 is 5.89. The van der Waals surface area contributed by atoms with Crippen molar-refractivity contribution in [2.75, 3.05) is 5.43 Å². The molecule has 3 rings (SSSR count). The Morgan fingerprint density at radius 3 is 3.05 bits per heavy atom. The van der Waals surface area contributed by atoms with E-state index in [4.69, 9.17) is 11.6 Å². The van der Waals surface area contributed by atoms with Gasteiger partial charge >= 0.3 is 0 Å². The number of fused-ring (bicyclic) bond motifs is 1. The molecule has 0 aliphatic rings. The average Bonchev–Trinajstić information content (AvgIpc) is 2.91. The summed E-state index contributed by atoms with van der Waals surface area (Å²) in [5.74, 6) is -0.00589. The Labute approximate surface area is 117 Å². The van der Waals surface area contributed by atoms with E-state index in [1.807, 2.05) is 0 Å². The molecule has 8 heteroatoms. The van der Waals surface area contributed by atoms with Crippen LogP contribution in [0.25, 0.3) is 11.2 Å². The Morgan fingerprint density at radius 2 is 2.20 bits per heavy atom. The number of H-pyrrole nitrogens is 1. The van der Waals surface area contributed by atoms with Gasteiger partial charge in [-0.1, -0.05) is 17.7 Å². The van der Waals surface area contributed by atoms with Gasteiger partial charge in [0.25, 0.3) is 0 Å². The number of anilines is 1. The second kappa shape index (κ2) is 5.22. The molecule has 6 nitrogen and oxygen atoms in total. The summed E-state index contributed by atoms with van der Waals surface area (Å²) in [6.45, 7) is 0. The topological polar surface area (TPSA) is 78.8 Å². The first kappa shape index (κ1) is 12.5. The van der Waals surface area contributed by atoms with Gasteiger partial charge in [-0.25, -0.2) is 19.3 Å². The number of aromatic nitrogens is 4. The highest BCUT2D eigenvalue weighted by atomic mass is 35.5. The van der Waals surface area contributed by atoms with Crippen LogP contribution in [0.1, 0.15) is 5.56 Å². The number of benzene rings is 1. The van der Waals surface area contributed by atoms with E-state index in [1.54, 1.807) is 6.07 Å². The molecule has 0 unspecified atom stereocenters. The van der Waals surface area contributed by atoms with E-state index in [-0.39, 0.29) is 10.6 Å². The zero-order valence-electron chi connectivity index (χ0n) is 10.0. The van der Waals surface area contributed by atoms with Crippen LogP contribution in [-0.2, 0) is 0 Å². The van der Waals surface area contributed by atoms with Gasteiger partial charge in [0.05, 0.1) is 17.6 Å². The average molecular weight is 291 g/mol. The van der Waals surface area contributed by atoms with Gasteiger partial charge in [-0.2, -0.15) is 5.10 Å². The third-order valence-corrected chi connectivity index (χ3v) is 2.92. The summed E-state index contributed by atoms with van der Waals surface area (Å²) in [4.78, 5) is 14.9. The van der Waals surface area contributed by atoms with Crippen LogP contribution in [0.2, 0.25) is 5.02 Å². The smallest absolute Gasteiger partial charge is 0.182 e. The Hall–Kier alpha value is -2.54. The fourth-order valence-corrected chi connectivity index (χ4v) is 1.85. The number of imidazole rings is 1. The van der Waals surface area contributed by atoms with Crippen molar-refractivity contribution in [1.29, 1.82) is 0 Å². The van der Waals surface area contributed by atoms with Gasteiger partial charge in [0.1, 0.15) is 17.7 Å². The van der Waals surface area contributed by atoms with Crippen LogP contribution in [0.3, 0.4) is 0 Å². The molecule has 100 valence electrons. The van der Waals surface area contributed by atoms with E-state index in [1.165, 1.54) is 31.0 Å². The van der Waals surface area contributed by atoms with Crippen LogP contribution < -0.4 is 5.43 Å². The number of hydrogen-bond acceptors (Lipinski definition) is 5. The van der Waals surface area contributed by atoms with Crippen molar-refractivity contribution in [3.05, 3.63) is 47.3 Å². The number of aromatic amines is 1. The lowest BCUT2D eigenvalue weighted by atomic mass is 10.2. The Kier molecular flexibility index (Phi) is 3.26. The first-order valence-corrected chi connectivity index (χ1v) is 6.00. The molecule has 20 heavy (non-hydrogen) atoms. The molecule has 2 aromatic heterocycles. The molecule has 2 N–H and O–H groups in total. The van der Waals surface area contributed by atoms with Crippen molar-refractivity contribution in [1.82, 2.24) is 19.9 Å². The molecule has 0 bridgehead atoms. The van der Waals surface area contributed by atoms with Gasteiger partial charge in [-0.15, -0.1) is 0 Å². The molecule has 0 atom stereocenters. The first-order chi connectivity index (χ1) is 9.75. The quantitative estimate of drug-likeness (QED) is 0.574. The molecule has 0 spiro atoms. The van der Waals surface area contributed by atoms with Gasteiger partial charge in [-0.3, -0.25) is 5.43 Å². The van der Waals surface area contributed by atoms with Crippen LogP contribution in [-0.4, -0.2) is 26.2 Å². The summed E-state index contributed by atoms with van der Waals surface area (Å²) in [5.41, 5.74) is 4.03. The molecule has 0 saturated carbocycles. The van der Waals surface area contributed by atoms with E-state index in [0.29, 0.717) is 17.0 Å². The van der Waals surface area contributed by atoms with Gasteiger partial charge in [0.2, 0.25) is 0 Å². The van der Waals surface area contributed by atoms with Crippen LogP contribution in [0.15, 0.2) is 36.0 Å². The van der Waals surface area contributed by atoms with Gasteiger partial charge in [0, 0.05) is 5.56 Å². The van der Waals surface area contributed by atoms with Crippen LogP contribution in [0.4, 0.5) is 10.2 Å². The lowest BCUT2D eigenvalue weighted by Gasteiger charge is -2.01. The van der Waals surface area contributed by atoms with Gasteiger partial charge in [-0.05, 0) is 12.1 Å². The molecule has 0 aliphatic carbocycles. The number of hydrazone groups is 1. The molecule has 2 heterocycles. The van der Waals surface area contributed by atoms with Crippen molar-refractivity contribution in [3.8, 4) is 0 Å². The fourth-order valence-electron chi connectivity index (χ4n) is 1.64. The third kappa shape index (κ3) is 2.30. The number of halogens is 2. The molecular weight excluding hydrogens is 283 g/mol. The lowest BCUT2D eigenvalue weighted by Crippen LogP contribution is -1.97. The highest BCUT2D eigenvalue weighted by Gasteiger charge is 2.05. The lowest BCUT2D eigenvalue weighted by molar-refractivity contribution is 0.626. The van der Waals surface area contributed by atoms with E-state index in [9.17, 15) is 4.39 Å². The number of rotatable bonds is 3. The third-order valence-electron chi connectivity index (χ3n) is 2.59. The minimum Gasteiger partial charge on any atom is -0.340 e. The summed E-state index contributed by atoms with van der Waals surface area (Å²) < 4.78 is 13.5. The molecule has 0 radical (unpaired) electrons. The molecule has 0 aliphatic heterocycles.